The third-order valence-electron chi connectivity index (χ3n) is 3.40. The Hall–Kier alpha value is -1.68. The molecule has 3 N–H and O–H groups in total. The molecule has 1 fully saturated rings. The molecule has 0 aromatic carbocycles. The van der Waals surface area contributed by atoms with E-state index in [0.717, 1.165) is 0 Å². The summed E-state index contributed by atoms with van der Waals surface area (Å²) in [7, 11) is 0. The molecule has 1 saturated carbocycles. The minimum absolute atomic E-state index is 0.148. The van der Waals surface area contributed by atoms with E-state index in [2.05, 4.69) is 4.98 Å². The number of amides is 1. The van der Waals surface area contributed by atoms with Gasteiger partial charge in [-0.1, -0.05) is 0 Å². The van der Waals surface area contributed by atoms with E-state index in [-0.39, 0.29) is 18.5 Å². The van der Waals surface area contributed by atoms with Crippen LogP contribution in [0, 0.1) is 6.92 Å². The van der Waals surface area contributed by atoms with Gasteiger partial charge in [-0.05, 0) is 19.8 Å². The maximum absolute atomic E-state index is 13.2. The molecule has 1 atom stereocenters. The van der Waals surface area contributed by atoms with Gasteiger partial charge in [0.2, 0.25) is 11.5 Å². The Morgan fingerprint density at radius 1 is 1.45 bits per heavy atom. The van der Waals surface area contributed by atoms with E-state index in [9.17, 15) is 27.9 Å². The van der Waals surface area contributed by atoms with Gasteiger partial charge >= 0.3 is 12.1 Å². The second-order valence-corrected chi connectivity index (χ2v) is 6.12. The molecule has 0 saturated heterocycles. The molecule has 1 aliphatic rings. The number of thiazole rings is 1. The average Bonchev–Trinajstić information content (AvgIpc) is 3.01. The number of carboxylic acids is 1. The molecule has 1 amide bonds. The highest BCUT2D eigenvalue weighted by molar-refractivity contribution is 7.09. The number of aryl methyl sites for hydroxylation is 1. The van der Waals surface area contributed by atoms with E-state index < -0.39 is 40.6 Å². The van der Waals surface area contributed by atoms with Crippen LogP contribution in [0.25, 0.3) is 0 Å². The number of rotatable bonds is 5. The highest BCUT2D eigenvalue weighted by Gasteiger charge is 2.59. The lowest BCUT2D eigenvalue weighted by atomic mass is 9.99. The number of carbonyl (C=O) groups is 2. The van der Waals surface area contributed by atoms with Gasteiger partial charge in [-0.25, -0.2) is 9.78 Å². The molecule has 6 nitrogen and oxygen atoms in total. The number of carboxylic acid groups (broad SMARTS) is 1. The number of aliphatic carboxylic acids is 1. The quantitative estimate of drug-likeness (QED) is 0.752. The van der Waals surface area contributed by atoms with Gasteiger partial charge in [0.1, 0.15) is 10.5 Å². The minimum atomic E-state index is -5.12. The maximum Gasteiger partial charge on any atom is 0.424 e. The molecule has 0 radical (unpaired) electrons. The summed E-state index contributed by atoms with van der Waals surface area (Å²) in [4.78, 5) is 26.3. The number of nitrogens with zero attached hydrogens (tertiary/aromatic N) is 1. The van der Waals surface area contributed by atoms with Crippen LogP contribution in [0.4, 0.5) is 13.2 Å². The Morgan fingerprint density at radius 2 is 2.05 bits per heavy atom. The van der Waals surface area contributed by atoms with Crippen LogP contribution >= 0.6 is 11.3 Å². The number of nitrogens with one attached hydrogen (secondary N) is 1. The van der Waals surface area contributed by atoms with Crippen LogP contribution in [0.15, 0.2) is 5.38 Å². The number of carbonyl (C=O) groups excluding carboxylic acids is 1. The lowest BCUT2D eigenvalue weighted by Crippen LogP contribution is -2.50. The van der Waals surface area contributed by atoms with Crippen LogP contribution in [-0.4, -0.2) is 38.8 Å². The van der Waals surface area contributed by atoms with Gasteiger partial charge in [-0.2, -0.15) is 13.2 Å². The molecule has 0 bridgehead atoms. The first kappa shape index (κ1) is 16.7. The first-order valence-electron chi connectivity index (χ1n) is 6.26. The molecule has 122 valence electrons. The first-order valence-corrected chi connectivity index (χ1v) is 7.14. The van der Waals surface area contributed by atoms with Crippen molar-refractivity contribution in [2.45, 2.75) is 43.5 Å². The van der Waals surface area contributed by atoms with Crippen LogP contribution in [0.5, 0.6) is 0 Å². The average molecular weight is 338 g/mol. The molecule has 0 aliphatic heterocycles. The Kier molecular flexibility index (Phi) is 3.94. The number of alkyl halides is 3. The fourth-order valence-corrected chi connectivity index (χ4v) is 2.82. The number of hydrogen-bond acceptors (Lipinski definition) is 5. The van der Waals surface area contributed by atoms with E-state index >= 15 is 0 Å². The number of aromatic nitrogens is 1. The largest absolute Gasteiger partial charge is 0.480 e. The van der Waals surface area contributed by atoms with Crippen molar-refractivity contribution in [2.24, 2.45) is 0 Å². The van der Waals surface area contributed by atoms with Crippen LogP contribution in [0.3, 0.4) is 0 Å². The van der Waals surface area contributed by atoms with E-state index in [4.69, 9.17) is 5.11 Å². The molecular formula is C12H13F3N2O4S. The second kappa shape index (κ2) is 5.20. The van der Waals surface area contributed by atoms with Crippen molar-refractivity contribution in [3.63, 3.8) is 0 Å². The molecule has 1 aromatic heterocycles. The summed E-state index contributed by atoms with van der Waals surface area (Å²) in [5.74, 6) is -2.49. The molecule has 10 heteroatoms. The van der Waals surface area contributed by atoms with E-state index in [0.29, 0.717) is 11.3 Å². The van der Waals surface area contributed by atoms with Crippen molar-refractivity contribution in [3.8, 4) is 0 Å². The van der Waals surface area contributed by atoms with Gasteiger partial charge in [0.15, 0.2) is 0 Å². The predicted molar refractivity (Wildman–Crippen MR) is 69.2 cm³/mol. The standard InChI is InChI=1S/C12H13F3N2O4S/c1-6-5-22-8(16-6)11(21,12(13,14)15)4-7(18)17-10(2-3-10)9(19)20/h5,21H,2-4H2,1H3,(H,17,18)(H,19,20). The second-order valence-electron chi connectivity index (χ2n) is 5.26. The van der Waals surface area contributed by atoms with Crippen LogP contribution in [-0.2, 0) is 15.2 Å². The van der Waals surface area contributed by atoms with Gasteiger partial charge in [0.25, 0.3) is 0 Å². The van der Waals surface area contributed by atoms with Crippen LogP contribution in [0.2, 0.25) is 0 Å². The minimum Gasteiger partial charge on any atom is -0.480 e. The molecular weight excluding hydrogens is 325 g/mol. The first-order chi connectivity index (χ1) is 10.0. The van der Waals surface area contributed by atoms with Gasteiger partial charge in [-0.3, -0.25) is 4.79 Å². The Labute approximate surface area is 127 Å². The Bertz CT molecular complexity index is 612. The summed E-state index contributed by atoms with van der Waals surface area (Å²) < 4.78 is 39.6. The van der Waals surface area contributed by atoms with Crippen molar-refractivity contribution in [1.29, 1.82) is 0 Å². The summed E-state index contributed by atoms with van der Waals surface area (Å²) in [6.07, 6.45) is -6.16. The third-order valence-corrected chi connectivity index (χ3v) is 4.51. The van der Waals surface area contributed by atoms with Gasteiger partial charge in [0.05, 0.1) is 6.42 Å². The smallest absolute Gasteiger partial charge is 0.424 e. The zero-order valence-electron chi connectivity index (χ0n) is 11.4. The molecule has 1 unspecified atom stereocenters. The summed E-state index contributed by atoms with van der Waals surface area (Å²) in [5.41, 5.74) is -4.67. The molecule has 2 rings (SSSR count). The zero-order chi connectivity index (χ0) is 16.8. The topological polar surface area (TPSA) is 99.5 Å². The van der Waals surface area contributed by atoms with E-state index in [1.165, 1.54) is 12.3 Å². The third kappa shape index (κ3) is 2.93. The number of aliphatic hydroxyl groups is 1. The van der Waals surface area contributed by atoms with Crippen molar-refractivity contribution in [1.82, 2.24) is 10.3 Å². The summed E-state index contributed by atoms with van der Waals surface area (Å²) in [6, 6.07) is 0. The number of halogens is 3. The van der Waals surface area contributed by atoms with Gasteiger partial charge < -0.3 is 15.5 Å². The van der Waals surface area contributed by atoms with Crippen LogP contribution in [0.1, 0.15) is 30.0 Å². The van der Waals surface area contributed by atoms with Crippen molar-refractivity contribution in [2.75, 3.05) is 0 Å². The molecule has 1 aliphatic carbocycles. The maximum atomic E-state index is 13.2. The number of hydrogen-bond donors (Lipinski definition) is 3. The molecule has 22 heavy (non-hydrogen) atoms. The van der Waals surface area contributed by atoms with Gasteiger partial charge in [0, 0.05) is 11.1 Å². The highest BCUT2D eigenvalue weighted by atomic mass is 32.1. The van der Waals surface area contributed by atoms with Gasteiger partial charge in [-0.15, -0.1) is 11.3 Å². The van der Waals surface area contributed by atoms with E-state index in [1.807, 2.05) is 5.32 Å². The fraction of sp³-hybridized carbons (Fsp3) is 0.583. The monoisotopic (exact) mass is 338 g/mol. The summed E-state index contributed by atoms with van der Waals surface area (Å²) in [6.45, 7) is 1.46. The van der Waals surface area contributed by atoms with Crippen molar-refractivity contribution < 1.29 is 33.0 Å². The lowest BCUT2D eigenvalue weighted by Gasteiger charge is -2.28. The SMILES string of the molecule is Cc1csc(C(O)(CC(=O)NC2(C(=O)O)CC2)C(F)(F)F)n1. The van der Waals surface area contributed by atoms with Crippen molar-refractivity contribution >= 4 is 23.2 Å². The summed E-state index contributed by atoms with van der Waals surface area (Å²) >= 11 is 0.588. The van der Waals surface area contributed by atoms with E-state index in [1.54, 1.807) is 0 Å². The Morgan fingerprint density at radius 3 is 2.41 bits per heavy atom. The normalized spacial score (nSPS) is 19.3. The molecule has 1 heterocycles. The molecule has 1 aromatic rings. The Balaban J connectivity index is 2.21. The van der Waals surface area contributed by atoms with Crippen LogP contribution < -0.4 is 5.32 Å². The molecule has 0 spiro atoms. The predicted octanol–water partition coefficient (Wildman–Crippen LogP) is 1.32. The fourth-order valence-electron chi connectivity index (χ4n) is 1.90. The lowest BCUT2D eigenvalue weighted by molar-refractivity contribution is -0.267. The van der Waals surface area contributed by atoms with Crippen molar-refractivity contribution in [3.05, 3.63) is 16.1 Å². The highest BCUT2D eigenvalue weighted by Crippen LogP contribution is 2.43. The summed E-state index contributed by atoms with van der Waals surface area (Å²) in [5, 5.41) is 21.6. The zero-order valence-corrected chi connectivity index (χ0v) is 12.2.